The summed E-state index contributed by atoms with van der Waals surface area (Å²) < 4.78 is 28.6. The lowest BCUT2D eigenvalue weighted by molar-refractivity contribution is 0.559. The Labute approximate surface area is 105 Å². The van der Waals surface area contributed by atoms with Gasteiger partial charge in [-0.3, -0.25) is 0 Å². The van der Waals surface area contributed by atoms with Gasteiger partial charge in [-0.15, -0.1) is 0 Å². The van der Waals surface area contributed by atoms with Crippen molar-refractivity contribution in [1.82, 2.24) is 4.83 Å². The quantitative estimate of drug-likeness (QED) is 0.677. The molecule has 1 aromatic heterocycles. The molecule has 0 fully saturated rings. The summed E-state index contributed by atoms with van der Waals surface area (Å²) in [6.45, 7) is 1.89. The molecule has 2 rings (SSSR count). The van der Waals surface area contributed by atoms with Crippen molar-refractivity contribution < 1.29 is 12.8 Å². The molecule has 0 unspecified atom stereocenters. The van der Waals surface area contributed by atoms with Crippen molar-refractivity contribution in [2.45, 2.75) is 11.8 Å². The van der Waals surface area contributed by atoms with Crippen molar-refractivity contribution in [3.8, 4) is 0 Å². The van der Waals surface area contributed by atoms with Crippen LogP contribution in [0.15, 0.2) is 57.1 Å². The monoisotopic (exact) mass is 264 g/mol. The molecule has 1 aromatic carbocycles. The third kappa shape index (κ3) is 2.98. The topological polar surface area (TPSA) is 71.7 Å². The first kappa shape index (κ1) is 12.4. The number of nitrogens with one attached hydrogen (secondary N) is 1. The highest BCUT2D eigenvalue weighted by Gasteiger charge is 2.11. The fourth-order valence-corrected chi connectivity index (χ4v) is 2.09. The molecule has 6 heteroatoms. The fraction of sp³-hybridized carbons (Fsp3) is 0.0833. The Hall–Kier alpha value is -2.08. The van der Waals surface area contributed by atoms with E-state index in [2.05, 4.69) is 9.93 Å². The van der Waals surface area contributed by atoms with Crippen LogP contribution in [0.3, 0.4) is 0 Å². The highest BCUT2D eigenvalue weighted by molar-refractivity contribution is 7.89. The molecule has 0 saturated heterocycles. The minimum Gasteiger partial charge on any atom is -0.463 e. The van der Waals surface area contributed by atoms with Gasteiger partial charge in [-0.25, -0.2) is 0 Å². The van der Waals surface area contributed by atoms with E-state index in [1.807, 2.05) is 6.92 Å². The molecule has 18 heavy (non-hydrogen) atoms. The third-order valence-electron chi connectivity index (χ3n) is 2.24. The van der Waals surface area contributed by atoms with Crippen molar-refractivity contribution >= 4 is 16.2 Å². The van der Waals surface area contributed by atoms with E-state index in [-0.39, 0.29) is 4.90 Å². The van der Waals surface area contributed by atoms with Crippen LogP contribution in [0.5, 0.6) is 0 Å². The van der Waals surface area contributed by atoms with Crippen LogP contribution in [0, 0.1) is 6.92 Å². The van der Waals surface area contributed by atoms with E-state index >= 15 is 0 Å². The molecule has 0 amide bonds. The summed E-state index contributed by atoms with van der Waals surface area (Å²) in [6.07, 6.45) is 2.78. The summed E-state index contributed by atoms with van der Waals surface area (Å²) in [5, 5.41) is 3.63. The van der Waals surface area contributed by atoms with Gasteiger partial charge in [0.2, 0.25) is 0 Å². The number of hydrogen-bond donors (Lipinski definition) is 1. The maximum Gasteiger partial charge on any atom is 0.276 e. The first-order valence-corrected chi connectivity index (χ1v) is 6.71. The van der Waals surface area contributed by atoms with Gasteiger partial charge in [0.1, 0.15) is 5.76 Å². The molecule has 94 valence electrons. The lowest BCUT2D eigenvalue weighted by atomic mass is 10.2. The molecule has 0 aliphatic carbocycles. The first-order valence-electron chi connectivity index (χ1n) is 5.23. The number of rotatable bonds is 4. The zero-order valence-corrected chi connectivity index (χ0v) is 10.5. The van der Waals surface area contributed by atoms with Crippen LogP contribution in [0.2, 0.25) is 0 Å². The maximum atomic E-state index is 11.8. The number of benzene rings is 1. The van der Waals surface area contributed by atoms with Gasteiger partial charge in [-0.05, 0) is 31.2 Å². The molecule has 0 radical (unpaired) electrons. The van der Waals surface area contributed by atoms with E-state index in [0.717, 1.165) is 5.56 Å². The molecular weight excluding hydrogens is 252 g/mol. The predicted octanol–water partition coefficient (Wildman–Crippen LogP) is 1.90. The van der Waals surface area contributed by atoms with E-state index in [9.17, 15) is 8.42 Å². The van der Waals surface area contributed by atoms with Gasteiger partial charge in [0, 0.05) is 0 Å². The van der Waals surface area contributed by atoms with Crippen molar-refractivity contribution in [3.63, 3.8) is 0 Å². The van der Waals surface area contributed by atoms with Crippen LogP contribution in [-0.2, 0) is 10.0 Å². The number of furan rings is 1. The summed E-state index contributed by atoms with van der Waals surface area (Å²) in [5.41, 5.74) is 0.994. The SMILES string of the molecule is Cc1ccc(S(=O)(=O)N/N=C/c2ccco2)cc1. The Kier molecular flexibility index (Phi) is 3.47. The van der Waals surface area contributed by atoms with Gasteiger partial charge in [-0.1, -0.05) is 17.7 Å². The van der Waals surface area contributed by atoms with Crippen LogP contribution >= 0.6 is 0 Å². The molecule has 0 spiro atoms. The maximum absolute atomic E-state index is 11.8. The van der Waals surface area contributed by atoms with Crippen molar-refractivity contribution in [1.29, 1.82) is 0 Å². The molecule has 2 aromatic rings. The second-order valence-corrected chi connectivity index (χ2v) is 5.34. The summed E-state index contributed by atoms with van der Waals surface area (Å²) in [6, 6.07) is 9.87. The molecule has 5 nitrogen and oxygen atoms in total. The van der Waals surface area contributed by atoms with Gasteiger partial charge in [0.25, 0.3) is 10.0 Å². The average molecular weight is 264 g/mol. The van der Waals surface area contributed by atoms with Crippen molar-refractivity contribution in [2.24, 2.45) is 5.10 Å². The third-order valence-corrected chi connectivity index (χ3v) is 3.48. The zero-order valence-electron chi connectivity index (χ0n) is 9.70. The van der Waals surface area contributed by atoms with E-state index in [1.165, 1.54) is 24.6 Å². The number of nitrogens with zero attached hydrogens (tertiary/aromatic N) is 1. The average Bonchev–Trinajstić information content (AvgIpc) is 2.82. The Bertz CT molecular complexity index is 628. The van der Waals surface area contributed by atoms with Crippen LogP contribution in [0.1, 0.15) is 11.3 Å². The second kappa shape index (κ2) is 5.05. The number of sulfonamides is 1. The minimum absolute atomic E-state index is 0.171. The Morgan fingerprint density at radius 2 is 1.94 bits per heavy atom. The van der Waals surface area contributed by atoms with Gasteiger partial charge in [0.05, 0.1) is 17.4 Å². The predicted molar refractivity (Wildman–Crippen MR) is 67.8 cm³/mol. The highest BCUT2D eigenvalue weighted by Crippen LogP contribution is 2.09. The molecule has 1 heterocycles. The molecule has 1 N–H and O–H groups in total. The van der Waals surface area contributed by atoms with Crippen LogP contribution < -0.4 is 4.83 Å². The van der Waals surface area contributed by atoms with Gasteiger partial charge in [-0.2, -0.15) is 18.4 Å². The molecule has 0 aliphatic rings. The normalized spacial score (nSPS) is 11.8. The Morgan fingerprint density at radius 1 is 1.22 bits per heavy atom. The second-order valence-electron chi connectivity index (χ2n) is 3.68. The smallest absolute Gasteiger partial charge is 0.276 e. The number of hydrazone groups is 1. The van der Waals surface area contributed by atoms with Crippen LogP contribution in [-0.4, -0.2) is 14.6 Å². The van der Waals surface area contributed by atoms with E-state index in [0.29, 0.717) is 5.76 Å². The van der Waals surface area contributed by atoms with Gasteiger partial charge >= 0.3 is 0 Å². The van der Waals surface area contributed by atoms with Gasteiger partial charge in [0.15, 0.2) is 0 Å². The molecule has 0 bridgehead atoms. The lowest BCUT2D eigenvalue weighted by Gasteiger charge is -2.02. The fourth-order valence-electron chi connectivity index (χ4n) is 1.29. The summed E-state index contributed by atoms with van der Waals surface area (Å²) in [4.78, 5) is 2.29. The standard InChI is InChI=1S/C12H12N2O3S/c1-10-4-6-12(7-5-10)18(15,16)14-13-9-11-3-2-8-17-11/h2-9,14H,1H3/b13-9+. The molecule has 0 aliphatic heterocycles. The summed E-state index contributed by atoms with van der Waals surface area (Å²) in [7, 11) is -3.62. The number of hydrogen-bond acceptors (Lipinski definition) is 4. The van der Waals surface area contributed by atoms with Gasteiger partial charge < -0.3 is 4.42 Å². The van der Waals surface area contributed by atoms with E-state index in [4.69, 9.17) is 4.42 Å². The highest BCUT2D eigenvalue weighted by atomic mass is 32.2. The van der Waals surface area contributed by atoms with E-state index < -0.39 is 10.0 Å². The zero-order chi connectivity index (χ0) is 13.0. The Morgan fingerprint density at radius 3 is 2.56 bits per heavy atom. The summed E-state index contributed by atoms with van der Waals surface area (Å²) in [5.74, 6) is 0.474. The molecule has 0 atom stereocenters. The summed E-state index contributed by atoms with van der Waals surface area (Å²) >= 11 is 0. The first-order chi connectivity index (χ1) is 8.58. The van der Waals surface area contributed by atoms with Crippen LogP contribution in [0.25, 0.3) is 0 Å². The lowest BCUT2D eigenvalue weighted by Crippen LogP contribution is -2.18. The largest absolute Gasteiger partial charge is 0.463 e. The van der Waals surface area contributed by atoms with E-state index in [1.54, 1.807) is 24.3 Å². The van der Waals surface area contributed by atoms with Crippen LogP contribution in [0.4, 0.5) is 0 Å². The number of aryl methyl sites for hydroxylation is 1. The molecule has 0 saturated carbocycles. The molecular formula is C12H12N2O3S. The van der Waals surface area contributed by atoms with Crippen molar-refractivity contribution in [2.75, 3.05) is 0 Å². The minimum atomic E-state index is -3.62. The Balaban J connectivity index is 2.10. The van der Waals surface area contributed by atoms with Crippen molar-refractivity contribution in [3.05, 3.63) is 54.0 Å².